The third-order valence-corrected chi connectivity index (χ3v) is 5.36. The third kappa shape index (κ3) is 3.19. The van der Waals surface area contributed by atoms with E-state index in [2.05, 4.69) is 14.8 Å². The summed E-state index contributed by atoms with van der Waals surface area (Å²) in [6, 6.07) is 6.21. The molecule has 2 aliphatic heterocycles. The van der Waals surface area contributed by atoms with E-state index in [0.29, 0.717) is 12.2 Å². The molecule has 138 valence electrons. The molecule has 2 aliphatic rings. The molecule has 0 spiro atoms. The fraction of sp³-hybridized carbons (Fsp3) is 0.474. The predicted octanol–water partition coefficient (Wildman–Crippen LogP) is 1.88. The Bertz CT molecular complexity index is 784. The van der Waals surface area contributed by atoms with E-state index in [0.717, 1.165) is 45.0 Å². The number of hydrogen-bond donors (Lipinski definition) is 0. The maximum atomic E-state index is 13.5. The first kappa shape index (κ1) is 17.0. The quantitative estimate of drug-likeness (QED) is 0.841. The van der Waals surface area contributed by atoms with Crippen molar-refractivity contribution in [2.45, 2.75) is 18.9 Å². The number of rotatable bonds is 3. The maximum absolute atomic E-state index is 13.5. The minimum absolute atomic E-state index is 0.0901. The summed E-state index contributed by atoms with van der Waals surface area (Å²) in [5.74, 6) is 0.759. The molecule has 2 aromatic rings. The summed E-state index contributed by atoms with van der Waals surface area (Å²) in [5, 5.41) is 0. The van der Waals surface area contributed by atoms with Crippen LogP contribution < -0.4 is 9.80 Å². The number of piperidine rings is 1. The zero-order chi connectivity index (χ0) is 18.1. The van der Waals surface area contributed by atoms with Gasteiger partial charge in [0.25, 0.3) is 0 Å². The zero-order valence-corrected chi connectivity index (χ0v) is 15.0. The van der Waals surface area contributed by atoms with Crippen LogP contribution in [0.25, 0.3) is 0 Å². The molecule has 0 N–H and O–H groups in total. The number of carbonyl (C=O) groups is 1. The van der Waals surface area contributed by atoms with Crippen LogP contribution in [0.2, 0.25) is 0 Å². The van der Waals surface area contributed by atoms with Gasteiger partial charge in [0.15, 0.2) is 0 Å². The van der Waals surface area contributed by atoms with Crippen molar-refractivity contribution in [2.24, 2.45) is 7.05 Å². The van der Waals surface area contributed by atoms with Crippen LogP contribution in [0.4, 0.5) is 16.0 Å². The molecule has 6 nitrogen and oxygen atoms in total. The third-order valence-electron chi connectivity index (χ3n) is 5.36. The van der Waals surface area contributed by atoms with Crippen LogP contribution in [0, 0.1) is 5.82 Å². The van der Waals surface area contributed by atoms with Gasteiger partial charge >= 0.3 is 0 Å². The van der Waals surface area contributed by atoms with E-state index in [4.69, 9.17) is 0 Å². The molecule has 1 aromatic carbocycles. The number of anilines is 2. The van der Waals surface area contributed by atoms with Gasteiger partial charge in [-0.15, -0.1) is 0 Å². The van der Waals surface area contributed by atoms with Gasteiger partial charge in [0.2, 0.25) is 11.9 Å². The standard InChI is InChI=1S/C19H24FN5O/c1-22-9-7-21-19(22)24-12-10-23(11-13-24)17-6-3-8-25(18(17)26)16-5-2-4-15(20)14-16/h2,4-5,7,9,14,17H,3,6,8,10-13H2,1H3/t17-/m0/s1. The Labute approximate surface area is 152 Å². The summed E-state index contributed by atoms with van der Waals surface area (Å²) in [5.41, 5.74) is 0.659. The number of halogens is 1. The lowest BCUT2D eigenvalue weighted by molar-refractivity contribution is -0.125. The highest BCUT2D eigenvalue weighted by atomic mass is 19.1. The first-order valence-electron chi connectivity index (χ1n) is 9.17. The number of benzene rings is 1. The number of imidazole rings is 1. The Morgan fingerprint density at radius 1 is 1.15 bits per heavy atom. The van der Waals surface area contributed by atoms with Crippen LogP contribution in [-0.4, -0.2) is 59.1 Å². The average molecular weight is 357 g/mol. The second-order valence-corrected chi connectivity index (χ2v) is 6.99. The molecule has 0 unspecified atom stereocenters. The fourth-order valence-corrected chi connectivity index (χ4v) is 3.99. The van der Waals surface area contributed by atoms with Gasteiger partial charge in [-0.25, -0.2) is 9.37 Å². The van der Waals surface area contributed by atoms with Crippen molar-refractivity contribution in [2.75, 3.05) is 42.5 Å². The molecule has 0 saturated carbocycles. The van der Waals surface area contributed by atoms with Gasteiger partial charge in [0.05, 0.1) is 6.04 Å². The normalized spacial score (nSPS) is 22.1. The van der Waals surface area contributed by atoms with E-state index in [1.54, 1.807) is 11.0 Å². The molecule has 3 heterocycles. The fourth-order valence-electron chi connectivity index (χ4n) is 3.99. The van der Waals surface area contributed by atoms with E-state index >= 15 is 0 Å². The Kier molecular flexibility index (Phi) is 4.63. The van der Waals surface area contributed by atoms with Crippen molar-refractivity contribution in [1.29, 1.82) is 0 Å². The number of aryl methyl sites for hydroxylation is 1. The average Bonchev–Trinajstić information content (AvgIpc) is 3.08. The summed E-state index contributed by atoms with van der Waals surface area (Å²) in [6.07, 6.45) is 5.56. The van der Waals surface area contributed by atoms with Crippen LogP contribution >= 0.6 is 0 Å². The molecule has 26 heavy (non-hydrogen) atoms. The van der Waals surface area contributed by atoms with Crippen molar-refractivity contribution < 1.29 is 9.18 Å². The van der Waals surface area contributed by atoms with E-state index in [1.165, 1.54) is 12.1 Å². The smallest absolute Gasteiger partial charge is 0.244 e. The Morgan fingerprint density at radius 3 is 2.65 bits per heavy atom. The molecule has 0 bridgehead atoms. The molecular formula is C19H24FN5O. The van der Waals surface area contributed by atoms with Crippen LogP contribution in [0.15, 0.2) is 36.7 Å². The summed E-state index contributed by atoms with van der Waals surface area (Å²) in [4.78, 5) is 23.7. The molecule has 4 rings (SSSR count). The molecule has 0 radical (unpaired) electrons. The Morgan fingerprint density at radius 2 is 1.96 bits per heavy atom. The van der Waals surface area contributed by atoms with E-state index in [1.807, 2.05) is 30.1 Å². The number of amides is 1. The molecule has 2 fully saturated rings. The summed E-state index contributed by atoms with van der Waals surface area (Å²) >= 11 is 0. The minimum Gasteiger partial charge on any atom is -0.340 e. The van der Waals surface area contributed by atoms with Gasteiger partial charge < -0.3 is 14.4 Å². The van der Waals surface area contributed by atoms with Gasteiger partial charge in [-0.1, -0.05) is 6.07 Å². The lowest BCUT2D eigenvalue weighted by Crippen LogP contribution is -2.58. The number of piperazine rings is 1. The molecule has 1 amide bonds. The van der Waals surface area contributed by atoms with E-state index < -0.39 is 0 Å². The van der Waals surface area contributed by atoms with Crippen molar-refractivity contribution in [3.05, 3.63) is 42.5 Å². The van der Waals surface area contributed by atoms with Crippen molar-refractivity contribution in [3.63, 3.8) is 0 Å². The van der Waals surface area contributed by atoms with Gasteiger partial charge in [-0.05, 0) is 31.0 Å². The second kappa shape index (κ2) is 7.07. The van der Waals surface area contributed by atoms with Gasteiger partial charge in [-0.3, -0.25) is 9.69 Å². The van der Waals surface area contributed by atoms with Crippen LogP contribution in [0.1, 0.15) is 12.8 Å². The van der Waals surface area contributed by atoms with Gasteiger partial charge in [-0.2, -0.15) is 0 Å². The largest absolute Gasteiger partial charge is 0.340 e. The van der Waals surface area contributed by atoms with Crippen molar-refractivity contribution in [3.8, 4) is 0 Å². The first-order chi connectivity index (χ1) is 12.6. The highest BCUT2D eigenvalue weighted by Crippen LogP contribution is 2.25. The lowest BCUT2D eigenvalue weighted by atomic mass is 10.0. The first-order valence-corrected chi connectivity index (χ1v) is 9.17. The van der Waals surface area contributed by atoms with Crippen molar-refractivity contribution in [1.82, 2.24) is 14.5 Å². The summed E-state index contributed by atoms with van der Waals surface area (Å²) in [7, 11) is 2.00. The number of carbonyl (C=O) groups excluding carboxylic acids is 1. The Hall–Kier alpha value is -2.41. The summed E-state index contributed by atoms with van der Waals surface area (Å²) < 4.78 is 15.6. The SMILES string of the molecule is Cn1ccnc1N1CCN([C@H]2CCCN(c3cccc(F)c3)C2=O)CC1. The van der Waals surface area contributed by atoms with Gasteiger partial charge in [0.1, 0.15) is 5.82 Å². The topological polar surface area (TPSA) is 44.6 Å². The summed E-state index contributed by atoms with van der Waals surface area (Å²) in [6.45, 7) is 4.04. The van der Waals surface area contributed by atoms with E-state index in [-0.39, 0.29) is 17.8 Å². The molecular weight excluding hydrogens is 333 g/mol. The highest BCUT2D eigenvalue weighted by molar-refractivity contribution is 5.97. The number of aromatic nitrogens is 2. The van der Waals surface area contributed by atoms with Crippen LogP contribution in [0.3, 0.4) is 0 Å². The number of nitrogens with zero attached hydrogens (tertiary/aromatic N) is 5. The molecule has 0 aliphatic carbocycles. The number of hydrogen-bond acceptors (Lipinski definition) is 4. The maximum Gasteiger partial charge on any atom is 0.244 e. The minimum atomic E-state index is -0.305. The van der Waals surface area contributed by atoms with Crippen molar-refractivity contribution >= 4 is 17.5 Å². The monoisotopic (exact) mass is 357 g/mol. The van der Waals surface area contributed by atoms with E-state index in [9.17, 15) is 9.18 Å². The van der Waals surface area contributed by atoms with Crippen LogP contribution in [-0.2, 0) is 11.8 Å². The zero-order valence-electron chi connectivity index (χ0n) is 15.0. The highest BCUT2D eigenvalue weighted by Gasteiger charge is 2.35. The predicted molar refractivity (Wildman–Crippen MR) is 98.8 cm³/mol. The molecule has 1 aromatic heterocycles. The molecule has 7 heteroatoms. The molecule has 2 saturated heterocycles. The molecule has 1 atom stereocenters. The lowest BCUT2D eigenvalue weighted by Gasteiger charge is -2.42. The Balaban J connectivity index is 1.43. The van der Waals surface area contributed by atoms with Crippen LogP contribution in [0.5, 0.6) is 0 Å². The second-order valence-electron chi connectivity index (χ2n) is 6.99. The van der Waals surface area contributed by atoms with Gasteiger partial charge in [0, 0.05) is 57.9 Å².